The number of fused-ring (bicyclic) bond motifs is 1. The van der Waals surface area contributed by atoms with Gasteiger partial charge >= 0.3 is 6.03 Å². The number of carbonyl (C=O) groups is 1. The first-order chi connectivity index (χ1) is 17.0. The Kier molecular flexibility index (Phi) is 6.98. The Morgan fingerprint density at radius 1 is 1.20 bits per heavy atom. The summed E-state index contributed by atoms with van der Waals surface area (Å²) < 4.78 is 20.8. The number of carbonyl (C=O) groups excluding carboxylic acids is 1. The van der Waals surface area contributed by atoms with Crippen molar-refractivity contribution >= 4 is 35.1 Å². The molecule has 1 aromatic heterocycles. The topological polar surface area (TPSA) is 90.8 Å². The molecule has 35 heavy (non-hydrogen) atoms. The molecule has 0 atom stereocenters. The van der Waals surface area contributed by atoms with Crippen LogP contribution in [0.25, 0.3) is 0 Å². The van der Waals surface area contributed by atoms with Gasteiger partial charge in [0.15, 0.2) is 11.6 Å². The minimum absolute atomic E-state index is 0.0132. The molecule has 2 heterocycles. The van der Waals surface area contributed by atoms with Gasteiger partial charge in [-0.05, 0) is 57.6 Å². The quantitative estimate of drug-likeness (QED) is 0.558. The first kappa shape index (κ1) is 24.1. The summed E-state index contributed by atoms with van der Waals surface area (Å²) in [6.45, 7) is 2.18. The van der Waals surface area contributed by atoms with Gasteiger partial charge < -0.3 is 15.2 Å². The molecular weight excluding hydrogens is 473 g/mol. The zero-order chi connectivity index (χ0) is 24.5. The Morgan fingerprint density at radius 2 is 1.94 bits per heavy atom. The lowest BCUT2D eigenvalue weighted by atomic mass is 9.93. The molecule has 0 spiro atoms. The van der Waals surface area contributed by atoms with Gasteiger partial charge in [-0.3, -0.25) is 9.80 Å². The Labute approximate surface area is 209 Å². The zero-order valence-corrected chi connectivity index (χ0v) is 20.6. The second-order valence-corrected chi connectivity index (χ2v) is 9.92. The second-order valence-electron chi connectivity index (χ2n) is 9.51. The zero-order valence-electron chi connectivity index (χ0n) is 19.8. The molecule has 10 heteroatoms. The SMILES string of the molecule is CCOc1ccc(Cl)c(N2Cc3cnc(NC4CCC(O)CC4)nc3N(C3CCCC3)C2=O)c1F. The number of urea groups is 1. The van der Waals surface area contributed by atoms with E-state index in [0.29, 0.717) is 18.4 Å². The second kappa shape index (κ2) is 10.1. The molecule has 2 saturated carbocycles. The number of nitrogens with one attached hydrogen (secondary N) is 1. The van der Waals surface area contributed by atoms with E-state index in [0.717, 1.165) is 56.9 Å². The Balaban J connectivity index is 1.50. The molecule has 1 aliphatic heterocycles. The average molecular weight is 504 g/mol. The third-order valence-electron chi connectivity index (χ3n) is 7.16. The van der Waals surface area contributed by atoms with Crippen molar-refractivity contribution in [1.82, 2.24) is 9.97 Å². The minimum Gasteiger partial charge on any atom is -0.491 e. The number of amides is 2. The number of anilines is 3. The highest BCUT2D eigenvalue weighted by molar-refractivity contribution is 6.34. The predicted octanol–water partition coefficient (Wildman–Crippen LogP) is 5.27. The highest BCUT2D eigenvalue weighted by Gasteiger charge is 2.40. The van der Waals surface area contributed by atoms with Crippen molar-refractivity contribution < 1.29 is 19.0 Å². The van der Waals surface area contributed by atoms with Gasteiger partial charge in [-0.15, -0.1) is 0 Å². The first-order valence-corrected chi connectivity index (χ1v) is 12.9. The van der Waals surface area contributed by atoms with Gasteiger partial charge in [-0.1, -0.05) is 24.4 Å². The molecule has 2 aromatic rings. The number of ether oxygens (including phenoxy) is 1. The molecule has 0 saturated heterocycles. The monoisotopic (exact) mass is 503 g/mol. The van der Waals surface area contributed by atoms with Crippen LogP contribution in [0.3, 0.4) is 0 Å². The lowest BCUT2D eigenvalue weighted by molar-refractivity contribution is 0.126. The van der Waals surface area contributed by atoms with Crippen molar-refractivity contribution in [2.45, 2.75) is 83.0 Å². The van der Waals surface area contributed by atoms with Gasteiger partial charge in [0.1, 0.15) is 11.5 Å². The summed E-state index contributed by atoms with van der Waals surface area (Å²) in [5, 5.41) is 13.3. The molecule has 0 radical (unpaired) electrons. The first-order valence-electron chi connectivity index (χ1n) is 12.5. The molecule has 188 valence electrons. The van der Waals surface area contributed by atoms with Crippen LogP contribution in [-0.2, 0) is 6.54 Å². The van der Waals surface area contributed by atoms with Crippen LogP contribution in [0.5, 0.6) is 5.75 Å². The van der Waals surface area contributed by atoms with E-state index in [1.54, 1.807) is 24.1 Å². The number of nitrogens with zero attached hydrogens (tertiary/aromatic N) is 4. The fraction of sp³-hybridized carbons (Fsp3) is 0.560. The number of aromatic nitrogens is 2. The van der Waals surface area contributed by atoms with Crippen LogP contribution >= 0.6 is 11.6 Å². The molecule has 2 aliphatic carbocycles. The normalized spacial score (nSPS) is 22.9. The summed E-state index contributed by atoms with van der Waals surface area (Å²) in [4.78, 5) is 26.2. The maximum Gasteiger partial charge on any atom is 0.330 e. The van der Waals surface area contributed by atoms with E-state index in [2.05, 4.69) is 10.3 Å². The third kappa shape index (κ3) is 4.76. The molecule has 2 fully saturated rings. The van der Waals surface area contributed by atoms with Gasteiger partial charge in [0.05, 0.1) is 24.3 Å². The van der Waals surface area contributed by atoms with Gasteiger partial charge in [-0.2, -0.15) is 4.98 Å². The number of rotatable bonds is 6. The number of aliphatic hydroxyl groups is 1. The maximum absolute atomic E-state index is 15.4. The largest absolute Gasteiger partial charge is 0.491 e. The van der Waals surface area contributed by atoms with Crippen molar-refractivity contribution in [1.29, 1.82) is 0 Å². The van der Waals surface area contributed by atoms with Gasteiger partial charge in [-0.25, -0.2) is 14.2 Å². The van der Waals surface area contributed by atoms with Crippen LogP contribution in [0.1, 0.15) is 63.9 Å². The van der Waals surface area contributed by atoms with Crippen LogP contribution < -0.4 is 19.9 Å². The molecular formula is C25H31ClFN5O3. The van der Waals surface area contributed by atoms with Crippen molar-refractivity contribution in [2.24, 2.45) is 0 Å². The summed E-state index contributed by atoms with van der Waals surface area (Å²) in [5.74, 6) is 0.452. The molecule has 0 bridgehead atoms. The average Bonchev–Trinajstić information content (AvgIpc) is 3.37. The summed E-state index contributed by atoms with van der Waals surface area (Å²) in [6, 6.07) is 2.85. The molecule has 5 rings (SSSR count). The van der Waals surface area contributed by atoms with E-state index >= 15 is 4.39 Å². The van der Waals surface area contributed by atoms with E-state index < -0.39 is 5.82 Å². The van der Waals surface area contributed by atoms with Crippen LogP contribution in [0.4, 0.5) is 26.6 Å². The highest BCUT2D eigenvalue weighted by Crippen LogP contribution is 2.41. The van der Waals surface area contributed by atoms with Crippen molar-refractivity contribution in [3.8, 4) is 5.75 Å². The van der Waals surface area contributed by atoms with E-state index in [1.807, 2.05) is 0 Å². The van der Waals surface area contributed by atoms with Gasteiger partial charge in [0, 0.05) is 23.8 Å². The molecule has 1 aromatic carbocycles. The Bertz CT molecular complexity index is 1090. The lowest BCUT2D eigenvalue weighted by Crippen LogP contribution is -2.52. The number of hydrogen-bond acceptors (Lipinski definition) is 6. The Hall–Kier alpha value is -2.65. The van der Waals surface area contributed by atoms with Crippen LogP contribution in [0.2, 0.25) is 5.02 Å². The smallest absolute Gasteiger partial charge is 0.330 e. The number of halogens is 2. The summed E-state index contributed by atoms with van der Waals surface area (Å²) >= 11 is 6.41. The van der Waals surface area contributed by atoms with Crippen LogP contribution in [0, 0.1) is 5.82 Å². The van der Waals surface area contributed by atoms with E-state index in [1.165, 1.54) is 11.0 Å². The van der Waals surface area contributed by atoms with Gasteiger partial charge in [0.25, 0.3) is 0 Å². The van der Waals surface area contributed by atoms with E-state index in [9.17, 15) is 9.90 Å². The van der Waals surface area contributed by atoms with E-state index in [4.69, 9.17) is 21.3 Å². The number of hydrogen-bond donors (Lipinski definition) is 2. The fourth-order valence-corrected chi connectivity index (χ4v) is 5.60. The molecule has 8 nitrogen and oxygen atoms in total. The third-order valence-corrected chi connectivity index (χ3v) is 7.46. The van der Waals surface area contributed by atoms with Crippen LogP contribution in [0.15, 0.2) is 18.3 Å². The van der Waals surface area contributed by atoms with E-state index in [-0.39, 0.29) is 47.2 Å². The lowest BCUT2D eigenvalue weighted by Gasteiger charge is -2.39. The standard InChI is InChI=1S/C25H31ClFN5O3/c1-2-35-20-12-11-19(26)22(21(20)27)31-14-15-13-28-24(29-16-7-9-18(33)10-8-16)30-23(15)32(25(31)34)17-5-3-4-6-17/h11-13,16-18,33H,2-10,14H2,1H3,(H,28,29,30). The Morgan fingerprint density at radius 3 is 2.66 bits per heavy atom. The predicted molar refractivity (Wildman–Crippen MR) is 133 cm³/mol. The fourth-order valence-electron chi connectivity index (χ4n) is 5.35. The maximum atomic E-state index is 15.4. The number of benzene rings is 1. The van der Waals surface area contributed by atoms with Gasteiger partial charge in [0.2, 0.25) is 5.95 Å². The summed E-state index contributed by atoms with van der Waals surface area (Å²) in [5.41, 5.74) is 0.748. The summed E-state index contributed by atoms with van der Waals surface area (Å²) in [7, 11) is 0. The number of aliphatic hydroxyl groups excluding tert-OH is 1. The molecule has 2 amide bonds. The van der Waals surface area contributed by atoms with Crippen molar-refractivity contribution in [2.75, 3.05) is 21.7 Å². The molecule has 3 aliphatic rings. The van der Waals surface area contributed by atoms with Crippen LogP contribution in [-0.4, -0.2) is 45.9 Å². The van der Waals surface area contributed by atoms with Crippen molar-refractivity contribution in [3.63, 3.8) is 0 Å². The molecule has 0 unspecified atom stereocenters. The minimum atomic E-state index is -0.652. The molecule has 2 N–H and O–H groups in total. The highest BCUT2D eigenvalue weighted by atomic mass is 35.5. The summed E-state index contributed by atoms with van der Waals surface area (Å²) in [6.07, 6.45) is 8.43. The van der Waals surface area contributed by atoms with Crippen molar-refractivity contribution in [3.05, 3.63) is 34.7 Å².